The minimum atomic E-state index is -1.08. The molecule has 1 aliphatic carbocycles. The van der Waals surface area contributed by atoms with E-state index in [2.05, 4.69) is 15.9 Å². The van der Waals surface area contributed by atoms with E-state index in [9.17, 15) is 10.2 Å². The minimum Gasteiger partial charge on any atom is -0.459 e. The Hall–Kier alpha value is -0.620. The van der Waals surface area contributed by atoms with Crippen molar-refractivity contribution >= 4 is 15.9 Å². The lowest BCUT2D eigenvalue weighted by Crippen LogP contribution is -2.58. The third kappa shape index (κ3) is 1.95. The summed E-state index contributed by atoms with van der Waals surface area (Å²) in [6.07, 6.45) is 0.187. The molecule has 0 unspecified atom stereocenters. The van der Waals surface area contributed by atoms with Gasteiger partial charge in [-0.15, -0.1) is 0 Å². The van der Waals surface area contributed by atoms with Crippen molar-refractivity contribution in [3.05, 3.63) is 28.2 Å². The topological polar surface area (TPSA) is 58.9 Å². The first-order valence-corrected chi connectivity index (χ1v) is 6.87. The zero-order chi connectivity index (χ0) is 12.8. The minimum absolute atomic E-state index is 0.387. The summed E-state index contributed by atoms with van der Waals surface area (Å²) in [5, 5.41) is 19.9. The number of rotatable bonds is 0. The average molecular weight is 315 g/mol. The fourth-order valence-electron chi connectivity index (χ4n) is 2.60. The van der Waals surface area contributed by atoms with Crippen LogP contribution in [0.15, 0.2) is 22.7 Å². The van der Waals surface area contributed by atoms with Gasteiger partial charge < -0.3 is 19.7 Å². The van der Waals surface area contributed by atoms with E-state index >= 15 is 0 Å². The largest absolute Gasteiger partial charge is 0.459 e. The molecule has 1 aromatic rings. The fourth-order valence-corrected chi connectivity index (χ4v) is 3.01. The maximum absolute atomic E-state index is 10.1. The SMILES string of the molecule is O[C@@H]1CCC[C@]2(OCc3cc(Br)ccc3O2)[C@@H]1O. The van der Waals surface area contributed by atoms with Crippen LogP contribution in [0, 0.1) is 0 Å². The van der Waals surface area contributed by atoms with E-state index < -0.39 is 18.0 Å². The zero-order valence-corrected chi connectivity index (χ0v) is 11.4. The molecule has 0 radical (unpaired) electrons. The molecule has 3 atom stereocenters. The second-order valence-electron chi connectivity index (χ2n) is 4.86. The van der Waals surface area contributed by atoms with E-state index in [-0.39, 0.29) is 0 Å². The Bertz CT molecular complexity index is 464. The van der Waals surface area contributed by atoms with E-state index in [1.807, 2.05) is 18.2 Å². The third-order valence-electron chi connectivity index (χ3n) is 3.62. The van der Waals surface area contributed by atoms with Crippen LogP contribution in [0.1, 0.15) is 24.8 Å². The summed E-state index contributed by atoms with van der Waals surface area (Å²) in [7, 11) is 0. The molecule has 2 N–H and O–H groups in total. The summed E-state index contributed by atoms with van der Waals surface area (Å²) in [6, 6.07) is 5.69. The zero-order valence-electron chi connectivity index (χ0n) is 9.80. The molecule has 0 saturated heterocycles. The Labute approximate surface area is 114 Å². The highest BCUT2D eigenvalue weighted by Crippen LogP contribution is 2.40. The van der Waals surface area contributed by atoms with Gasteiger partial charge in [0, 0.05) is 16.5 Å². The van der Waals surface area contributed by atoms with Crippen LogP contribution in [0.3, 0.4) is 0 Å². The summed E-state index contributed by atoms with van der Waals surface area (Å²) in [5.74, 6) is -0.365. The monoisotopic (exact) mass is 314 g/mol. The predicted molar refractivity (Wildman–Crippen MR) is 68.2 cm³/mol. The molecule has 1 heterocycles. The van der Waals surface area contributed by atoms with Crippen LogP contribution in [-0.4, -0.2) is 28.2 Å². The molecule has 4 nitrogen and oxygen atoms in total. The van der Waals surface area contributed by atoms with Crippen molar-refractivity contribution in [2.24, 2.45) is 0 Å². The highest BCUT2D eigenvalue weighted by molar-refractivity contribution is 9.10. The maximum atomic E-state index is 10.1. The molecule has 18 heavy (non-hydrogen) atoms. The predicted octanol–water partition coefficient (Wildman–Crippen LogP) is 1.96. The molecule has 1 saturated carbocycles. The number of hydrogen-bond acceptors (Lipinski definition) is 4. The van der Waals surface area contributed by atoms with Crippen LogP contribution >= 0.6 is 15.9 Å². The van der Waals surface area contributed by atoms with Crippen LogP contribution in [0.4, 0.5) is 0 Å². The Morgan fingerprint density at radius 2 is 2.17 bits per heavy atom. The van der Waals surface area contributed by atoms with E-state index in [1.165, 1.54) is 0 Å². The van der Waals surface area contributed by atoms with E-state index in [0.717, 1.165) is 22.2 Å². The number of fused-ring (bicyclic) bond motifs is 1. The van der Waals surface area contributed by atoms with Crippen LogP contribution in [0.5, 0.6) is 5.75 Å². The molecular formula is C13H15BrO4. The summed E-state index contributed by atoms with van der Waals surface area (Å²) >= 11 is 3.40. The average Bonchev–Trinajstić information content (AvgIpc) is 2.36. The fraction of sp³-hybridized carbons (Fsp3) is 0.538. The number of benzene rings is 1. The van der Waals surface area contributed by atoms with Gasteiger partial charge in [-0.05, 0) is 31.0 Å². The Morgan fingerprint density at radius 1 is 1.33 bits per heavy atom. The van der Waals surface area contributed by atoms with Gasteiger partial charge in [0.1, 0.15) is 11.9 Å². The van der Waals surface area contributed by atoms with Gasteiger partial charge in [0.25, 0.3) is 0 Å². The lowest BCUT2D eigenvalue weighted by molar-refractivity contribution is -0.289. The second kappa shape index (κ2) is 4.49. The van der Waals surface area contributed by atoms with Crippen LogP contribution in [-0.2, 0) is 11.3 Å². The summed E-state index contributed by atoms with van der Waals surface area (Å²) in [5.41, 5.74) is 0.947. The molecule has 0 bridgehead atoms. The number of hydrogen-bond donors (Lipinski definition) is 2. The summed E-state index contributed by atoms with van der Waals surface area (Å²) in [4.78, 5) is 0. The van der Waals surface area contributed by atoms with Crippen molar-refractivity contribution < 1.29 is 19.7 Å². The number of halogens is 1. The van der Waals surface area contributed by atoms with Crippen LogP contribution in [0.2, 0.25) is 0 Å². The first-order chi connectivity index (χ1) is 8.61. The molecular weight excluding hydrogens is 300 g/mol. The molecule has 0 amide bonds. The standard InChI is InChI=1S/C13H15BrO4/c14-9-3-4-11-8(6-9)7-17-13(18-11)5-1-2-10(15)12(13)16/h3-4,6,10,12,15-16H,1-2,5,7H2/t10-,12-,13-/m1/s1. The molecule has 5 heteroatoms. The lowest BCUT2D eigenvalue weighted by Gasteiger charge is -2.45. The molecule has 2 aliphatic rings. The van der Waals surface area contributed by atoms with Gasteiger partial charge in [0.2, 0.25) is 5.79 Å². The quantitative estimate of drug-likeness (QED) is 0.768. The van der Waals surface area contributed by atoms with Gasteiger partial charge in [0.15, 0.2) is 0 Å². The molecule has 98 valence electrons. The van der Waals surface area contributed by atoms with E-state index in [4.69, 9.17) is 9.47 Å². The van der Waals surface area contributed by atoms with Gasteiger partial charge >= 0.3 is 0 Å². The third-order valence-corrected chi connectivity index (χ3v) is 4.11. The van der Waals surface area contributed by atoms with Crippen molar-refractivity contribution in [3.63, 3.8) is 0 Å². The molecule has 3 rings (SSSR count). The highest BCUT2D eigenvalue weighted by atomic mass is 79.9. The Morgan fingerprint density at radius 3 is 3.00 bits per heavy atom. The van der Waals surface area contributed by atoms with E-state index in [1.54, 1.807) is 0 Å². The van der Waals surface area contributed by atoms with Crippen molar-refractivity contribution in [2.75, 3.05) is 0 Å². The van der Waals surface area contributed by atoms with Crippen LogP contribution < -0.4 is 4.74 Å². The Kier molecular flexibility index (Phi) is 3.10. The number of aliphatic hydroxyl groups is 2. The smallest absolute Gasteiger partial charge is 0.239 e. The van der Waals surface area contributed by atoms with Crippen molar-refractivity contribution in [3.8, 4) is 5.75 Å². The van der Waals surface area contributed by atoms with Gasteiger partial charge in [0.05, 0.1) is 12.7 Å². The molecule has 1 aliphatic heterocycles. The van der Waals surface area contributed by atoms with Gasteiger partial charge in [-0.3, -0.25) is 0 Å². The van der Waals surface area contributed by atoms with Crippen molar-refractivity contribution in [1.29, 1.82) is 0 Å². The van der Waals surface area contributed by atoms with Gasteiger partial charge in [-0.2, -0.15) is 0 Å². The van der Waals surface area contributed by atoms with Crippen molar-refractivity contribution in [1.82, 2.24) is 0 Å². The molecule has 1 fully saturated rings. The molecule has 1 spiro atoms. The molecule has 0 aromatic heterocycles. The summed E-state index contributed by atoms with van der Waals surface area (Å²) in [6.45, 7) is 0.387. The summed E-state index contributed by atoms with van der Waals surface area (Å²) < 4.78 is 12.5. The second-order valence-corrected chi connectivity index (χ2v) is 5.77. The van der Waals surface area contributed by atoms with E-state index in [0.29, 0.717) is 19.4 Å². The maximum Gasteiger partial charge on any atom is 0.239 e. The van der Waals surface area contributed by atoms with Gasteiger partial charge in [-0.1, -0.05) is 15.9 Å². The number of ether oxygens (including phenoxy) is 2. The first kappa shape index (κ1) is 12.4. The molecule has 1 aromatic carbocycles. The lowest BCUT2D eigenvalue weighted by atomic mass is 9.88. The highest BCUT2D eigenvalue weighted by Gasteiger charge is 2.50. The Balaban J connectivity index is 1.91. The van der Waals surface area contributed by atoms with Gasteiger partial charge in [-0.25, -0.2) is 0 Å². The van der Waals surface area contributed by atoms with Crippen LogP contribution in [0.25, 0.3) is 0 Å². The number of aliphatic hydroxyl groups excluding tert-OH is 2. The first-order valence-electron chi connectivity index (χ1n) is 6.08. The normalized spacial score (nSPS) is 35.1. The van der Waals surface area contributed by atoms with Crippen molar-refractivity contribution in [2.45, 2.75) is 43.9 Å².